The van der Waals surface area contributed by atoms with Crippen molar-refractivity contribution < 1.29 is 75.4 Å². The summed E-state index contributed by atoms with van der Waals surface area (Å²) in [5, 5.41) is 10.4. The molecule has 84 heavy (non-hydrogen) atoms. The van der Waals surface area contributed by atoms with Crippen LogP contribution in [0.4, 0.5) is 26.7 Å². The van der Waals surface area contributed by atoms with Crippen LogP contribution < -0.4 is 41.0 Å². The predicted molar refractivity (Wildman–Crippen MR) is 309 cm³/mol. The number of ketones is 2. The first-order valence-electron chi connectivity index (χ1n) is 26.7. The van der Waals surface area contributed by atoms with Gasteiger partial charge in [0.2, 0.25) is 23.2 Å². The molecule has 452 valence electrons. The Labute approximate surface area is 490 Å². The number of urea groups is 2. The third kappa shape index (κ3) is 15.8. The van der Waals surface area contributed by atoms with Crippen molar-refractivity contribution in [2.75, 3.05) is 37.3 Å². The quantitative estimate of drug-likeness (QED) is 0.0304. The number of Topliss-reactive ketones (excluding diaryl/α,β-unsaturated/α-hetero) is 2. The van der Waals surface area contributed by atoms with Crippen LogP contribution in [0.15, 0.2) is 89.8 Å². The van der Waals surface area contributed by atoms with Crippen LogP contribution in [0.2, 0.25) is 0 Å². The zero-order valence-corrected chi connectivity index (χ0v) is 50.6. The summed E-state index contributed by atoms with van der Waals surface area (Å²) in [5.74, 6) is -4.76. The number of hydrogen-bond acceptors (Lipinski definition) is 16. The van der Waals surface area contributed by atoms with Gasteiger partial charge in [0.1, 0.15) is 22.8 Å². The number of carbonyl (C=O) groups excluding carboxylic acids is 10. The molecule has 0 bridgehead atoms. The van der Waals surface area contributed by atoms with E-state index in [1.54, 1.807) is 78.8 Å². The van der Waals surface area contributed by atoms with Gasteiger partial charge in [0, 0.05) is 30.0 Å². The van der Waals surface area contributed by atoms with Gasteiger partial charge in [0.25, 0.3) is 29.5 Å². The molecule has 24 nitrogen and oxygen atoms in total. The third-order valence-electron chi connectivity index (χ3n) is 13.1. The normalized spacial score (nSPS) is 16.3. The second-order valence-electron chi connectivity index (χ2n) is 22.2. The monoisotopic (exact) mass is 1180 g/mol. The molecule has 0 spiro atoms. The molecule has 2 saturated heterocycles. The number of rotatable bonds is 22. The number of ether oxygens (including phenoxy) is 4. The number of nitrogens with one attached hydrogen (secondary N) is 5. The Bertz CT molecular complexity index is 3210. The van der Waals surface area contributed by atoms with Crippen LogP contribution in [-0.4, -0.2) is 129 Å². The molecule has 2 fully saturated rings. The fourth-order valence-electron chi connectivity index (χ4n) is 8.53. The van der Waals surface area contributed by atoms with E-state index in [0.717, 1.165) is 16.7 Å². The zero-order valence-electron chi connectivity index (χ0n) is 49.8. The van der Waals surface area contributed by atoms with E-state index in [0.29, 0.717) is 27.7 Å². The van der Waals surface area contributed by atoms with Gasteiger partial charge in [-0.05, 0) is 87.7 Å². The summed E-state index contributed by atoms with van der Waals surface area (Å²) in [6.07, 6.45) is -1.66. The Kier molecular flexibility index (Phi) is 21.8. The smallest absolute Gasteiger partial charge is 0.330 e. The zero-order chi connectivity index (χ0) is 62.8. The molecule has 0 aromatic heterocycles. The molecule has 0 aliphatic carbocycles. The minimum Gasteiger partial charge on any atom is -0.495 e. The Balaban J connectivity index is 0.000000326. The van der Waals surface area contributed by atoms with E-state index >= 15 is 0 Å². The lowest BCUT2D eigenvalue weighted by molar-refractivity contribution is -0.148. The van der Waals surface area contributed by atoms with Crippen molar-refractivity contribution in [2.24, 2.45) is 10.8 Å². The van der Waals surface area contributed by atoms with Crippen molar-refractivity contribution in [3.63, 3.8) is 0 Å². The molecular weight excluding hydrogens is 1110 g/mol. The van der Waals surface area contributed by atoms with Crippen LogP contribution in [0.3, 0.4) is 0 Å². The standard InChI is InChI=1S/C37H44N4O8.C22H30N4O8S/c1-9-27(49-28-17-15-22(2)19-23(28)3)32(43)38-25-16-18-29(47-7)26(20-25)39-33(44)30(31(42)37(4,5)6)41-34(45)35(48-8)40(36(41)46)21-24-13-11-10-12-14-24;1-8-15(27)25-34-35(32)12-9-10-14(33-7)13(11-12)23-18(29)16(17(28)21(2,3)4)26-19(30)22(5,6)24-20(26)31/h10-20,27,30,35H,9,21H2,1-8H3,(H,38,43)(H,39,44);9-11,16H,8H2,1-7H3,(H,23,29)(H,24,31)(H,25,27). The molecule has 5 N–H and O–H groups in total. The molecule has 2 aliphatic rings. The van der Waals surface area contributed by atoms with Gasteiger partial charge in [-0.25, -0.2) is 29.1 Å². The molecule has 0 radical (unpaired) electrons. The number of aryl methyl sites for hydroxylation is 2. The van der Waals surface area contributed by atoms with Gasteiger partial charge in [0.15, 0.2) is 29.8 Å². The summed E-state index contributed by atoms with van der Waals surface area (Å²) in [7, 11) is 4.00. The minimum absolute atomic E-state index is 0.00629. The van der Waals surface area contributed by atoms with Crippen LogP contribution in [-0.2, 0) is 65.0 Å². The molecule has 4 aromatic carbocycles. The highest BCUT2D eigenvalue weighted by Crippen LogP contribution is 2.34. The summed E-state index contributed by atoms with van der Waals surface area (Å²) in [6, 6.07) is 18.0. The number of amides is 10. The van der Waals surface area contributed by atoms with Gasteiger partial charge < -0.3 is 40.2 Å². The van der Waals surface area contributed by atoms with Crippen LogP contribution in [0.25, 0.3) is 0 Å². The maximum absolute atomic E-state index is 14.1. The minimum atomic E-state index is -2.13. The third-order valence-corrected chi connectivity index (χ3v) is 14.0. The molecule has 2 aliphatic heterocycles. The molecular formula is C59H74N8O16S. The van der Waals surface area contributed by atoms with E-state index in [1.807, 2.05) is 50.5 Å². The summed E-state index contributed by atoms with van der Waals surface area (Å²) in [6.45, 7) is 19.7. The highest BCUT2D eigenvalue weighted by molar-refractivity contribution is 7.80. The number of hydrogen-bond donors (Lipinski definition) is 5. The van der Waals surface area contributed by atoms with Crippen LogP contribution >= 0.6 is 0 Å². The highest BCUT2D eigenvalue weighted by Gasteiger charge is 2.55. The lowest BCUT2D eigenvalue weighted by Crippen LogP contribution is -2.55. The number of carbonyl (C=O) groups is 10. The van der Waals surface area contributed by atoms with E-state index in [9.17, 15) is 52.2 Å². The summed E-state index contributed by atoms with van der Waals surface area (Å²) in [5.41, 5.74) is 1.65. The Morgan fingerprint density at radius 1 is 0.690 bits per heavy atom. The largest absolute Gasteiger partial charge is 0.495 e. The maximum Gasteiger partial charge on any atom is 0.330 e. The van der Waals surface area contributed by atoms with Gasteiger partial charge in [0.05, 0.1) is 37.0 Å². The van der Waals surface area contributed by atoms with Gasteiger partial charge >= 0.3 is 12.1 Å². The summed E-state index contributed by atoms with van der Waals surface area (Å²) < 4.78 is 39.3. The van der Waals surface area contributed by atoms with Gasteiger partial charge in [-0.2, -0.15) is 4.28 Å². The van der Waals surface area contributed by atoms with E-state index in [-0.39, 0.29) is 40.7 Å². The summed E-state index contributed by atoms with van der Waals surface area (Å²) >= 11 is -2.13. The van der Waals surface area contributed by atoms with E-state index in [4.69, 9.17) is 23.2 Å². The van der Waals surface area contributed by atoms with Crippen LogP contribution in [0.5, 0.6) is 17.2 Å². The Morgan fingerprint density at radius 3 is 1.74 bits per heavy atom. The number of hydroxylamine groups is 1. The topological polar surface area (TPSA) is 304 Å². The molecule has 25 heteroatoms. The Morgan fingerprint density at radius 2 is 1.24 bits per heavy atom. The second-order valence-corrected chi connectivity index (χ2v) is 23.3. The molecule has 2 heterocycles. The first-order valence-corrected chi connectivity index (χ1v) is 27.8. The molecule has 10 amide bonds. The lowest BCUT2D eigenvalue weighted by Gasteiger charge is -2.29. The van der Waals surface area contributed by atoms with Gasteiger partial charge in [-0.1, -0.05) is 103 Å². The second kappa shape index (κ2) is 27.7. The number of imide groups is 2. The van der Waals surface area contributed by atoms with Gasteiger partial charge in [-0.15, -0.1) is 0 Å². The van der Waals surface area contributed by atoms with Crippen LogP contribution in [0, 0.1) is 24.7 Å². The fourth-order valence-corrected chi connectivity index (χ4v) is 9.18. The predicted octanol–water partition coefficient (Wildman–Crippen LogP) is 6.90. The van der Waals surface area contributed by atoms with Crippen molar-refractivity contribution in [1.29, 1.82) is 0 Å². The summed E-state index contributed by atoms with van der Waals surface area (Å²) in [4.78, 5) is 135. The maximum atomic E-state index is 14.1. The number of nitrogens with zero attached hydrogens (tertiary/aromatic N) is 3. The SMILES string of the molecule is CCC(=O)NOS(=O)c1ccc(OC)c(NC(=O)C(C(=O)C(C)(C)C)N2C(=O)NC(C)(C)C2=O)c1.CCC(Oc1ccc(C)cc1C)C(=O)Nc1ccc(OC)c(NC(=O)C(C(=O)C(C)(C)C)N2C(=O)C(OC)N(Cc3ccccc3)C2=O)c1. The molecule has 5 atom stereocenters. The molecule has 6 rings (SSSR count). The number of benzene rings is 4. The lowest BCUT2D eigenvalue weighted by atomic mass is 9.85. The van der Waals surface area contributed by atoms with E-state index in [2.05, 4.69) is 21.3 Å². The average Bonchev–Trinajstić information content (AvgIpc) is 1.94. The van der Waals surface area contributed by atoms with E-state index in [1.165, 1.54) is 70.4 Å². The molecule has 5 unspecified atom stereocenters. The first-order chi connectivity index (χ1) is 39.3. The number of methoxy groups -OCH3 is 3. The van der Waals surface area contributed by atoms with Crippen LogP contribution in [0.1, 0.15) is 98.8 Å². The van der Waals surface area contributed by atoms with Crippen molar-refractivity contribution >= 4 is 87.2 Å². The van der Waals surface area contributed by atoms with Crippen molar-refractivity contribution in [2.45, 2.75) is 137 Å². The average molecular weight is 1180 g/mol. The molecule has 0 saturated carbocycles. The Hall–Kier alpha value is -8.55. The van der Waals surface area contributed by atoms with E-state index < -0.39 is 111 Å². The first kappa shape index (κ1) is 66.3. The highest BCUT2D eigenvalue weighted by atomic mass is 32.2. The number of anilines is 3. The van der Waals surface area contributed by atoms with Crippen molar-refractivity contribution in [1.82, 2.24) is 25.5 Å². The van der Waals surface area contributed by atoms with Crippen molar-refractivity contribution in [3.05, 3.63) is 102 Å². The van der Waals surface area contributed by atoms with Crippen molar-refractivity contribution in [3.8, 4) is 17.2 Å². The molecule has 4 aromatic rings. The van der Waals surface area contributed by atoms with Gasteiger partial charge in [-0.3, -0.25) is 43.3 Å². The fraction of sp³-hybridized carbons (Fsp3) is 0.424.